The molecule has 5 nitrogen and oxygen atoms in total. The fraction of sp³-hybridized carbons (Fsp3) is 0.409. The number of anilines is 1. The van der Waals surface area contributed by atoms with Gasteiger partial charge in [-0.1, -0.05) is 17.7 Å². The lowest BCUT2D eigenvalue weighted by Gasteiger charge is -2.36. The summed E-state index contributed by atoms with van der Waals surface area (Å²) in [4.78, 5) is 17.2. The van der Waals surface area contributed by atoms with E-state index in [4.69, 9.17) is 4.74 Å². The number of carbonyl (C=O) groups excluding carboxylic acids is 1. The first-order valence-electron chi connectivity index (χ1n) is 9.53. The number of amides is 1. The van der Waals surface area contributed by atoms with Crippen molar-refractivity contribution in [3.63, 3.8) is 0 Å². The number of rotatable bonds is 6. The summed E-state index contributed by atoms with van der Waals surface area (Å²) >= 11 is 0. The summed E-state index contributed by atoms with van der Waals surface area (Å²) in [5, 5.41) is 3.06. The number of nitrogens with one attached hydrogen (secondary N) is 1. The number of ether oxygens (including phenoxy) is 1. The van der Waals surface area contributed by atoms with E-state index in [0.717, 1.165) is 55.2 Å². The van der Waals surface area contributed by atoms with Crippen molar-refractivity contribution >= 4 is 11.6 Å². The molecule has 1 heterocycles. The van der Waals surface area contributed by atoms with Crippen molar-refractivity contribution in [2.24, 2.45) is 0 Å². The zero-order valence-electron chi connectivity index (χ0n) is 16.5. The summed E-state index contributed by atoms with van der Waals surface area (Å²) in [6, 6.07) is 14.2. The van der Waals surface area contributed by atoms with Crippen LogP contribution in [0.4, 0.5) is 5.69 Å². The Kier molecular flexibility index (Phi) is 6.35. The summed E-state index contributed by atoms with van der Waals surface area (Å²) in [5.41, 5.74) is 4.14. The average molecular weight is 367 g/mol. The Morgan fingerprint density at radius 2 is 1.74 bits per heavy atom. The minimum Gasteiger partial charge on any atom is -0.497 e. The number of methoxy groups -OCH3 is 1. The molecule has 144 valence electrons. The van der Waals surface area contributed by atoms with Crippen molar-refractivity contribution in [1.82, 2.24) is 10.2 Å². The summed E-state index contributed by atoms with van der Waals surface area (Å²) in [6.07, 6.45) is 0. The van der Waals surface area contributed by atoms with Gasteiger partial charge in [-0.25, -0.2) is 0 Å². The first kappa shape index (κ1) is 19.2. The highest BCUT2D eigenvalue weighted by Gasteiger charge is 2.17. The van der Waals surface area contributed by atoms with Gasteiger partial charge in [0.15, 0.2) is 0 Å². The zero-order chi connectivity index (χ0) is 19.2. The van der Waals surface area contributed by atoms with E-state index >= 15 is 0 Å². The third kappa shape index (κ3) is 5.01. The van der Waals surface area contributed by atoms with Crippen molar-refractivity contribution in [3.8, 4) is 5.75 Å². The summed E-state index contributed by atoms with van der Waals surface area (Å²) in [5.74, 6) is 0.907. The molecule has 0 unspecified atom stereocenters. The zero-order valence-corrected chi connectivity index (χ0v) is 16.5. The smallest absolute Gasteiger partial charge is 0.251 e. The van der Waals surface area contributed by atoms with Crippen LogP contribution in [0.3, 0.4) is 0 Å². The molecule has 1 N–H and O–H groups in total. The maximum Gasteiger partial charge on any atom is 0.251 e. The Labute approximate surface area is 161 Å². The summed E-state index contributed by atoms with van der Waals surface area (Å²) < 4.78 is 5.22. The highest BCUT2D eigenvalue weighted by molar-refractivity contribution is 5.95. The molecule has 0 radical (unpaired) electrons. The second kappa shape index (κ2) is 8.91. The van der Waals surface area contributed by atoms with E-state index in [2.05, 4.69) is 27.2 Å². The molecular formula is C22H29N3O2. The Balaban J connectivity index is 1.43. The van der Waals surface area contributed by atoms with Crippen molar-refractivity contribution in [2.75, 3.05) is 51.3 Å². The van der Waals surface area contributed by atoms with Gasteiger partial charge in [-0.2, -0.15) is 0 Å². The van der Waals surface area contributed by atoms with Crippen LogP contribution in [0.2, 0.25) is 0 Å². The van der Waals surface area contributed by atoms with Crippen molar-refractivity contribution in [1.29, 1.82) is 0 Å². The number of hydrogen-bond acceptors (Lipinski definition) is 4. The van der Waals surface area contributed by atoms with Crippen LogP contribution in [0.5, 0.6) is 5.75 Å². The van der Waals surface area contributed by atoms with Crippen LogP contribution < -0.4 is 15.0 Å². The van der Waals surface area contributed by atoms with Gasteiger partial charge in [-0.15, -0.1) is 0 Å². The van der Waals surface area contributed by atoms with Gasteiger partial charge in [0.2, 0.25) is 0 Å². The highest BCUT2D eigenvalue weighted by atomic mass is 16.5. The van der Waals surface area contributed by atoms with E-state index in [1.807, 2.05) is 44.2 Å². The van der Waals surface area contributed by atoms with Crippen molar-refractivity contribution < 1.29 is 9.53 Å². The molecule has 0 saturated carbocycles. The molecule has 1 aliphatic heterocycles. The fourth-order valence-electron chi connectivity index (χ4n) is 3.43. The molecule has 3 rings (SSSR count). The van der Waals surface area contributed by atoms with Gasteiger partial charge in [0.05, 0.1) is 7.11 Å². The Morgan fingerprint density at radius 3 is 2.41 bits per heavy atom. The third-order valence-corrected chi connectivity index (χ3v) is 5.16. The van der Waals surface area contributed by atoms with E-state index in [9.17, 15) is 4.79 Å². The van der Waals surface area contributed by atoms with Crippen LogP contribution in [0, 0.1) is 13.8 Å². The summed E-state index contributed by atoms with van der Waals surface area (Å²) in [6.45, 7) is 9.55. The molecule has 0 spiro atoms. The van der Waals surface area contributed by atoms with Crippen LogP contribution in [0.25, 0.3) is 0 Å². The Hall–Kier alpha value is -2.53. The molecule has 1 fully saturated rings. The highest BCUT2D eigenvalue weighted by Crippen LogP contribution is 2.20. The van der Waals surface area contributed by atoms with Crippen LogP contribution in [-0.4, -0.2) is 57.2 Å². The number of hydrogen-bond donors (Lipinski definition) is 1. The molecule has 2 aromatic carbocycles. The van der Waals surface area contributed by atoms with E-state index in [1.54, 1.807) is 7.11 Å². The van der Waals surface area contributed by atoms with Gasteiger partial charge in [-0.05, 0) is 49.7 Å². The first-order chi connectivity index (χ1) is 13.1. The SMILES string of the molecule is COc1ccc(N2CCN(CCNC(=O)c3cc(C)ccc3C)CC2)cc1. The van der Waals surface area contributed by atoms with E-state index in [0.29, 0.717) is 6.54 Å². The van der Waals surface area contributed by atoms with E-state index < -0.39 is 0 Å². The Morgan fingerprint density at radius 1 is 1.04 bits per heavy atom. The van der Waals surface area contributed by atoms with Crippen molar-refractivity contribution in [2.45, 2.75) is 13.8 Å². The van der Waals surface area contributed by atoms with E-state index in [-0.39, 0.29) is 5.91 Å². The topological polar surface area (TPSA) is 44.8 Å². The normalized spacial score (nSPS) is 14.9. The van der Waals surface area contributed by atoms with Gasteiger partial charge in [0.1, 0.15) is 5.75 Å². The number of piperazine rings is 1. The molecule has 27 heavy (non-hydrogen) atoms. The number of benzene rings is 2. The molecule has 0 bridgehead atoms. The predicted molar refractivity (Wildman–Crippen MR) is 110 cm³/mol. The number of carbonyl (C=O) groups is 1. The molecule has 0 aromatic heterocycles. The van der Waals surface area contributed by atoms with Gasteiger partial charge >= 0.3 is 0 Å². The average Bonchev–Trinajstić information content (AvgIpc) is 2.70. The van der Waals surface area contributed by atoms with Crippen molar-refractivity contribution in [3.05, 3.63) is 59.2 Å². The maximum absolute atomic E-state index is 12.4. The second-order valence-corrected chi connectivity index (χ2v) is 7.10. The van der Waals surface area contributed by atoms with Gasteiger partial charge < -0.3 is 15.0 Å². The van der Waals surface area contributed by atoms with Gasteiger partial charge in [0, 0.05) is 50.5 Å². The summed E-state index contributed by atoms with van der Waals surface area (Å²) in [7, 11) is 1.69. The monoisotopic (exact) mass is 367 g/mol. The first-order valence-corrected chi connectivity index (χ1v) is 9.53. The molecule has 0 aliphatic carbocycles. The molecule has 1 amide bonds. The minimum atomic E-state index is 0.0214. The maximum atomic E-state index is 12.4. The van der Waals surface area contributed by atoms with Crippen LogP contribution in [-0.2, 0) is 0 Å². The van der Waals surface area contributed by atoms with E-state index in [1.165, 1.54) is 5.69 Å². The fourth-order valence-corrected chi connectivity index (χ4v) is 3.43. The lowest BCUT2D eigenvalue weighted by atomic mass is 10.1. The van der Waals surface area contributed by atoms with Crippen LogP contribution in [0.1, 0.15) is 21.5 Å². The molecule has 1 aliphatic rings. The molecular weight excluding hydrogens is 338 g/mol. The molecule has 5 heteroatoms. The quantitative estimate of drug-likeness (QED) is 0.853. The predicted octanol–water partition coefficient (Wildman–Crippen LogP) is 2.86. The molecule has 1 saturated heterocycles. The molecule has 0 atom stereocenters. The van der Waals surface area contributed by atoms with Gasteiger partial charge in [-0.3, -0.25) is 9.69 Å². The largest absolute Gasteiger partial charge is 0.497 e. The lowest BCUT2D eigenvalue weighted by Crippen LogP contribution is -2.48. The minimum absolute atomic E-state index is 0.0214. The second-order valence-electron chi connectivity index (χ2n) is 7.10. The number of nitrogens with zero attached hydrogens (tertiary/aromatic N) is 2. The van der Waals surface area contributed by atoms with Crippen LogP contribution >= 0.6 is 0 Å². The Bertz CT molecular complexity index is 766. The standard InChI is InChI=1S/C22H29N3O2/c1-17-4-5-18(2)21(16-17)22(26)23-10-11-24-12-14-25(15-13-24)19-6-8-20(27-3)9-7-19/h4-9,16H,10-15H2,1-3H3,(H,23,26). The molecule has 2 aromatic rings. The van der Waals surface area contributed by atoms with Crippen LogP contribution in [0.15, 0.2) is 42.5 Å². The van der Waals surface area contributed by atoms with Gasteiger partial charge in [0.25, 0.3) is 5.91 Å². The third-order valence-electron chi connectivity index (χ3n) is 5.16. The number of aryl methyl sites for hydroxylation is 2. The lowest BCUT2D eigenvalue weighted by molar-refractivity contribution is 0.0947.